The Morgan fingerprint density at radius 3 is 2.13 bits per heavy atom. The lowest BCUT2D eigenvalue weighted by atomic mass is 9.80. The number of ether oxygens (including phenoxy) is 2. The van der Waals surface area contributed by atoms with Crippen LogP contribution in [0.25, 0.3) is 20.5 Å². The third-order valence-electron chi connectivity index (χ3n) is 12.5. The second kappa shape index (κ2) is 18.5. The van der Waals surface area contributed by atoms with Crippen molar-refractivity contribution in [3.8, 4) is 33.4 Å². The summed E-state index contributed by atoms with van der Waals surface area (Å²) in [4.78, 5) is 49.6. The Kier molecular flexibility index (Phi) is 12.5. The number of rotatable bonds is 14. The molecule has 62 heavy (non-hydrogen) atoms. The average Bonchev–Trinajstić information content (AvgIpc) is 3.80. The minimum Gasteiger partial charge on any atom is -0.508 e. The van der Waals surface area contributed by atoms with E-state index in [0.29, 0.717) is 42.1 Å². The number of thiophene rings is 1. The van der Waals surface area contributed by atoms with Crippen LogP contribution in [0, 0.1) is 0 Å². The Bertz CT molecular complexity index is 2420. The van der Waals surface area contributed by atoms with Crippen LogP contribution in [0.3, 0.4) is 0 Å². The Labute approximate surface area is 365 Å². The van der Waals surface area contributed by atoms with Gasteiger partial charge in [-0.2, -0.15) is 0 Å². The highest BCUT2D eigenvalue weighted by Gasteiger charge is 2.39. The molecular weight excluding hydrogens is 807 g/mol. The van der Waals surface area contributed by atoms with Gasteiger partial charge in [-0.15, -0.1) is 11.3 Å². The largest absolute Gasteiger partial charge is 0.508 e. The van der Waals surface area contributed by atoms with Gasteiger partial charge in [0.25, 0.3) is 5.91 Å². The van der Waals surface area contributed by atoms with Crippen molar-refractivity contribution in [2.75, 3.05) is 83.5 Å². The molecule has 4 N–H and O–H groups in total. The van der Waals surface area contributed by atoms with Crippen molar-refractivity contribution in [1.82, 2.24) is 24.9 Å². The van der Waals surface area contributed by atoms with Crippen LogP contribution in [-0.4, -0.2) is 144 Å². The minimum atomic E-state index is -1.54. The zero-order valence-corrected chi connectivity index (χ0v) is 35.4. The summed E-state index contributed by atoms with van der Waals surface area (Å²) in [5, 5.41) is 32.5. The zero-order valence-electron chi connectivity index (χ0n) is 34.6. The van der Waals surface area contributed by atoms with Gasteiger partial charge in [0, 0.05) is 93.2 Å². The number of anilines is 1. The highest BCUT2D eigenvalue weighted by atomic mass is 32.1. The van der Waals surface area contributed by atoms with Crippen LogP contribution in [0.4, 0.5) is 5.69 Å². The number of hydrogen-bond acceptors (Lipinski definition) is 13. The van der Waals surface area contributed by atoms with E-state index in [-0.39, 0.29) is 29.9 Å². The van der Waals surface area contributed by atoms with Crippen molar-refractivity contribution in [3.63, 3.8) is 0 Å². The number of hydrogen-bond donors (Lipinski definition) is 4. The van der Waals surface area contributed by atoms with Crippen LogP contribution < -0.4 is 25.2 Å². The number of piperidine rings is 1. The molecule has 3 fully saturated rings. The number of piperazine rings is 2. The predicted octanol–water partition coefficient (Wildman–Crippen LogP) is 3.72. The van der Waals surface area contributed by atoms with Crippen LogP contribution in [0.2, 0.25) is 0 Å². The number of nitrogens with zero attached hydrogens (tertiary/aromatic N) is 5. The van der Waals surface area contributed by atoms with Crippen molar-refractivity contribution in [2.24, 2.45) is 0 Å². The van der Waals surface area contributed by atoms with Crippen LogP contribution in [0.1, 0.15) is 35.2 Å². The molecule has 1 aromatic heterocycles. The SMILES string of the molecule is O=C1CCC(N2Cc3cc(N4CCN(CCCN5CCN(CCOc6ccc(Oc7c(-c8ccc(B(O)O)cc8)sc8cc(O)ccc78)cc6)CC5)CC4)ccc3C2=O)C(=O)N1. The van der Waals surface area contributed by atoms with E-state index in [1.807, 2.05) is 54.6 Å². The Morgan fingerprint density at radius 1 is 0.758 bits per heavy atom. The fourth-order valence-corrected chi connectivity index (χ4v) is 10.1. The monoisotopic (exact) mass is 858 g/mol. The van der Waals surface area contributed by atoms with Crippen LogP contribution in [0.5, 0.6) is 23.0 Å². The molecule has 322 valence electrons. The second-order valence-corrected chi connectivity index (χ2v) is 17.5. The van der Waals surface area contributed by atoms with E-state index in [0.717, 1.165) is 116 Å². The molecule has 4 aliphatic rings. The Morgan fingerprint density at radius 2 is 1.44 bits per heavy atom. The van der Waals surface area contributed by atoms with Gasteiger partial charge in [0.1, 0.15) is 29.9 Å². The van der Waals surface area contributed by atoms with E-state index in [1.165, 1.54) is 11.3 Å². The molecule has 0 bridgehead atoms. The van der Waals surface area contributed by atoms with Crippen LogP contribution in [-0.2, 0) is 16.1 Å². The van der Waals surface area contributed by atoms with Crippen molar-refractivity contribution < 1.29 is 39.0 Å². The number of amides is 3. The van der Waals surface area contributed by atoms with E-state index < -0.39 is 13.2 Å². The van der Waals surface area contributed by atoms with E-state index in [2.05, 4.69) is 31.0 Å². The lowest BCUT2D eigenvalue weighted by molar-refractivity contribution is -0.136. The maximum absolute atomic E-state index is 13.1. The third kappa shape index (κ3) is 9.31. The molecule has 14 nitrogen and oxygen atoms in total. The minimum absolute atomic E-state index is 0.135. The van der Waals surface area contributed by atoms with Crippen molar-refractivity contribution >= 4 is 57.4 Å². The second-order valence-electron chi connectivity index (χ2n) is 16.5. The van der Waals surface area contributed by atoms with E-state index in [1.54, 1.807) is 29.2 Å². The summed E-state index contributed by atoms with van der Waals surface area (Å²) in [6, 6.07) is 25.3. The first-order chi connectivity index (χ1) is 30.1. The van der Waals surface area contributed by atoms with E-state index in [4.69, 9.17) is 9.47 Å². The lowest BCUT2D eigenvalue weighted by Gasteiger charge is -2.37. The van der Waals surface area contributed by atoms with Crippen LogP contribution in [0.15, 0.2) is 84.9 Å². The van der Waals surface area contributed by atoms with Gasteiger partial charge in [0.05, 0.1) is 4.88 Å². The summed E-state index contributed by atoms with van der Waals surface area (Å²) in [5.74, 6) is 1.49. The van der Waals surface area contributed by atoms with Crippen molar-refractivity contribution in [1.29, 1.82) is 0 Å². The summed E-state index contributed by atoms with van der Waals surface area (Å²) in [5.41, 5.74) is 3.98. The van der Waals surface area contributed by atoms with Gasteiger partial charge < -0.3 is 39.3 Å². The van der Waals surface area contributed by atoms with Gasteiger partial charge in [-0.1, -0.05) is 24.3 Å². The van der Waals surface area contributed by atoms with Gasteiger partial charge in [0.15, 0.2) is 5.75 Å². The number of phenols is 1. The molecular formula is C46H51BN6O8S. The van der Waals surface area contributed by atoms with Gasteiger partial charge in [0.2, 0.25) is 11.8 Å². The first kappa shape index (κ1) is 41.8. The number of phenolic OH excluding ortho intramolecular Hbond substituents is 1. The summed E-state index contributed by atoms with van der Waals surface area (Å²) in [6.45, 7) is 12.0. The molecule has 9 rings (SSSR count). The number of carbonyl (C=O) groups excluding carboxylic acids is 3. The number of imide groups is 1. The van der Waals surface area contributed by atoms with E-state index in [9.17, 15) is 29.5 Å². The predicted molar refractivity (Wildman–Crippen MR) is 239 cm³/mol. The summed E-state index contributed by atoms with van der Waals surface area (Å²) in [6.07, 6.45) is 1.76. The van der Waals surface area contributed by atoms with Crippen LogP contribution >= 0.6 is 11.3 Å². The number of benzene rings is 4. The summed E-state index contributed by atoms with van der Waals surface area (Å²) in [7, 11) is -1.54. The molecule has 0 aliphatic carbocycles. The molecule has 16 heteroatoms. The third-order valence-corrected chi connectivity index (χ3v) is 13.7. The Hall–Kier alpha value is -5.49. The smallest absolute Gasteiger partial charge is 0.488 e. The number of carbonyl (C=O) groups is 3. The standard InChI is InChI=1S/C46H51BN6O8S/c54-35-7-13-39-41(29-35)62-44(31-2-4-33(5-3-31)47(58)59)43(39)61-37-10-8-36(9-11-37)60-27-26-51-20-18-49(19-21-51)16-1-17-50-22-24-52(25-23-50)34-6-12-38-32(28-34)30-53(46(38)57)40-14-15-42(55)48-45(40)56/h2-13,28-29,40,54,58-59H,1,14-27,30H2,(H,48,55,56). The maximum Gasteiger partial charge on any atom is 0.488 e. The molecule has 3 amide bonds. The number of fused-ring (bicyclic) bond motifs is 2. The van der Waals surface area contributed by atoms with Gasteiger partial charge in [-0.3, -0.25) is 29.5 Å². The zero-order chi connectivity index (χ0) is 42.7. The first-order valence-corrected chi connectivity index (χ1v) is 22.3. The van der Waals surface area contributed by atoms with E-state index >= 15 is 0 Å². The highest BCUT2D eigenvalue weighted by molar-refractivity contribution is 7.22. The molecule has 1 atom stereocenters. The van der Waals surface area contributed by atoms with Gasteiger partial charge in [-0.05, 0) is 103 Å². The molecule has 3 saturated heterocycles. The normalized spacial score (nSPS) is 18.9. The average molecular weight is 859 g/mol. The fraction of sp³-hybridized carbons (Fsp3) is 0.370. The number of aromatic hydroxyl groups is 1. The Balaban J connectivity index is 0.677. The van der Waals surface area contributed by atoms with Crippen molar-refractivity contribution in [3.05, 3.63) is 96.1 Å². The molecule has 1 unspecified atom stereocenters. The van der Waals surface area contributed by atoms with Crippen molar-refractivity contribution in [2.45, 2.75) is 31.8 Å². The quantitative estimate of drug-likeness (QED) is 0.0950. The highest BCUT2D eigenvalue weighted by Crippen LogP contribution is 2.47. The molecule has 4 aromatic carbocycles. The molecule has 0 radical (unpaired) electrons. The summed E-state index contributed by atoms with van der Waals surface area (Å²) >= 11 is 1.50. The van der Waals surface area contributed by atoms with Gasteiger partial charge >= 0.3 is 7.12 Å². The molecule has 5 aromatic rings. The molecule has 0 spiro atoms. The molecule has 0 saturated carbocycles. The van der Waals surface area contributed by atoms with Gasteiger partial charge in [-0.25, -0.2) is 0 Å². The molecule has 5 heterocycles. The first-order valence-electron chi connectivity index (χ1n) is 21.5. The maximum atomic E-state index is 13.1. The summed E-state index contributed by atoms with van der Waals surface area (Å²) < 4.78 is 13.5. The topological polar surface area (TPSA) is 159 Å². The fourth-order valence-electron chi connectivity index (χ4n) is 8.92. The molecule has 4 aliphatic heterocycles. The number of nitrogens with one attached hydrogen (secondary N) is 1. The lowest BCUT2D eigenvalue weighted by Crippen LogP contribution is -2.52.